The Morgan fingerprint density at radius 3 is 2.71 bits per heavy atom. The summed E-state index contributed by atoms with van der Waals surface area (Å²) in [5.41, 5.74) is 0.843. The average Bonchev–Trinajstić information content (AvgIpc) is 3.49. The van der Waals surface area contributed by atoms with E-state index in [0.717, 1.165) is 0 Å². The van der Waals surface area contributed by atoms with Crippen LogP contribution < -0.4 is 10.1 Å². The van der Waals surface area contributed by atoms with Crippen LogP contribution >= 0.6 is 0 Å². The molecular weight excluding hydrogens is 444 g/mol. The molecule has 9 nitrogen and oxygen atoms in total. The third-order valence-corrected chi connectivity index (χ3v) is 5.24. The van der Waals surface area contributed by atoms with Gasteiger partial charge in [-0.05, 0) is 24.3 Å². The molecule has 0 saturated carbocycles. The maximum Gasteiger partial charge on any atom is 0.274 e. The Kier molecular flexibility index (Phi) is 5.21. The van der Waals surface area contributed by atoms with E-state index in [4.69, 9.17) is 4.74 Å². The van der Waals surface area contributed by atoms with Gasteiger partial charge in [-0.15, -0.1) is 0 Å². The molecule has 0 spiro atoms. The van der Waals surface area contributed by atoms with Gasteiger partial charge in [0.25, 0.3) is 5.91 Å². The number of ether oxygens (including phenoxy) is 1. The Hall–Kier alpha value is -4.67. The van der Waals surface area contributed by atoms with Gasteiger partial charge in [-0.1, -0.05) is 6.07 Å². The number of amides is 1. The van der Waals surface area contributed by atoms with Gasteiger partial charge in [-0.2, -0.15) is 10.2 Å². The Labute approximate surface area is 191 Å². The standard InChI is InChI=1S/C23H17F2N7O2/c1-31-20-13(12-28-31)21(32-10-4-8-27-32)17(11-15(20)25)30-23(33)16-7-9-26-22(29-16)19-14(24)5-3-6-18(19)34-2/h3-12H,1-2H3,(H,30,33). The second-order valence-electron chi connectivity index (χ2n) is 7.27. The summed E-state index contributed by atoms with van der Waals surface area (Å²) >= 11 is 0. The van der Waals surface area contributed by atoms with E-state index >= 15 is 0 Å². The van der Waals surface area contributed by atoms with Gasteiger partial charge in [0, 0.05) is 31.7 Å². The quantitative estimate of drug-likeness (QED) is 0.428. The van der Waals surface area contributed by atoms with Crippen molar-refractivity contribution < 1.29 is 18.3 Å². The molecule has 0 aliphatic carbocycles. The lowest BCUT2D eigenvalue weighted by molar-refractivity contribution is 0.102. The number of hydrogen-bond donors (Lipinski definition) is 1. The molecule has 0 aliphatic rings. The van der Waals surface area contributed by atoms with Crippen molar-refractivity contribution in [2.75, 3.05) is 12.4 Å². The van der Waals surface area contributed by atoms with Gasteiger partial charge in [0.15, 0.2) is 11.6 Å². The highest BCUT2D eigenvalue weighted by atomic mass is 19.1. The SMILES string of the molecule is COc1cccc(F)c1-c1nccc(C(=O)Nc2cc(F)c3c(cnn3C)c2-n2cccn2)n1. The van der Waals surface area contributed by atoms with Gasteiger partial charge >= 0.3 is 0 Å². The normalized spacial score (nSPS) is 11.1. The van der Waals surface area contributed by atoms with E-state index in [-0.39, 0.29) is 34.0 Å². The summed E-state index contributed by atoms with van der Waals surface area (Å²) < 4.78 is 37.5. The predicted octanol–water partition coefficient (Wildman–Crippen LogP) is 3.76. The van der Waals surface area contributed by atoms with Crippen LogP contribution in [0.5, 0.6) is 5.75 Å². The highest BCUT2D eigenvalue weighted by molar-refractivity contribution is 6.07. The highest BCUT2D eigenvalue weighted by Crippen LogP contribution is 2.33. The number of benzene rings is 2. The predicted molar refractivity (Wildman–Crippen MR) is 120 cm³/mol. The number of carbonyl (C=O) groups excluding carboxylic acids is 1. The summed E-state index contributed by atoms with van der Waals surface area (Å²) in [7, 11) is 3.02. The van der Waals surface area contributed by atoms with Crippen LogP contribution in [-0.2, 0) is 7.05 Å². The summed E-state index contributed by atoms with van der Waals surface area (Å²) in [6.07, 6.45) is 6.07. The first kappa shape index (κ1) is 21.2. The number of halogens is 2. The van der Waals surface area contributed by atoms with E-state index in [1.54, 1.807) is 31.6 Å². The molecule has 11 heteroatoms. The van der Waals surface area contributed by atoms with Crippen LogP contribution in [0.3, 0.4) is 0 Å². The number of anilines is 1. The van der Waals surface area contributed by atoms with E-state index in [1.807, 2.05) is 0 Å². The largest absolute Gasteiger partial charge is 0.496 e. The molecule has 1 N–H and O–H groups in total. The molecule has 34 heavy (non-hydrogen) atoms. The summed E-state index contributed by atoms with van der Waals surface area (Å²) in [5, 5.41) is 11.5. The van der Waals surface area contributed by atoms with Crippen molar-refractivity contribution in [3.05, 3.63) is 78.5 Å². The van der Waals surface area contributed by atoms with Crippen molar-refractivity contribution in [2.45, 2.75) is 0 Å². The molecule has 3 aromatic heterocycles. The van der Waals surface area contributed by atoms with Gasteiger partial charge < -0.3 is 10.1 Å². The van der Waals surface area contributed by atoms with Crippen LogP contribution in [0.1, 0.15) is 10.5 Å². The average molecular weight is 461 g/mol. The topological polar surface area (TPSA) is 99.8 Å². The van der Waals surface area contributed by atoms with E-state index in [2.05, 4.69) is 25.5 Å². The summed E-state index contributed by atoms with van der Waals surface area (Å²) in [5.74, 6) is -1.61. The Morgan fingerprint density at radius 1 is 1.09 bits per heavy atom. The van der Waals surface area contributed by atoms with Crippen LogP contribution in [0.2, 0.25) is 0 Å². The Bertz CT molecular complexity index is 1530. The number of methoxy groups -OCH3 is 1. The summed E-state index contributed by atoms with van der Waals surface area (Å²) in [6, 6.07) is 8.58. The van der Waals surface area contributed by atoms with Gasteiger partial charge in [-0.3, -0.25) is 9.48 Å². The van der Waals surface area contributed by atoms with Gasteiger partial charge in [0.05, 0.1) is 35.6 Å². The molecule has 0 saturated heterocycles. The minimum atomic E-state index is -0.644. The number of aromatic nitrogens is 6. The van der Waals surface area contributed by atoms with Crippen LogP contribution in [0.25, 0.3) is 28.0 Å². The lowest BCUT2D eigenvalue weighted by Gasteiger charge is -2.14. The number of aryl methyl sites for hydroxylation is 1. The zero-order chi connectivity index (χ0) is 23.8. The second-order valence-corrected chi connectivity index (χ2v) is 7.27. The number of nitrogens with one attached hydrogen (secondary N) is 1. The van der Waals surface area contributed by atoms with E-state index in [1.165, 1.54) is 53.1 Å². The fourth-order valence-corrected chi connectivity index (χ4v) is 3.73. The lowest BCUT2D eigenvalue weighted by atomic mass is 10.1. The zero-order valence-electron chi connectivity index (χ0n) is 18.0. The minimum absolute atomic E-state index is 0.0243. The molecule has 5 aromatic rings. The van der Waals surface area contributed by atoms with Gasteiger partial charge in [-0.25, -0.2) is 23.4 Å². The van der Waals surface area contributed by atoms with Gasteiger partial charge in [0.1, 0.15) is 22.8 Å². The molecule has 0 radical (unpaired) electrons. The first-order valence-electron chi connectivity index (χ1n) is 10.1. The van der Waals surface area contributed by atoms with Crippen LogP contribution in [0, 0.1) is 11.6 Å². The Morgan fingerprint density at radius 2 is 1.94 bits per heavy atom. The first-order chi connectivity index (χ1) is 16.5. The number of rotatable bonds is 5. The van der Waals surface area contributed by atoms with Crippen molar-refractivity contribution in [1.29, 1.82) is 0 Å². The second kappa shape index (κ2) is 8.35. The lowest BCUT2D eigenvalue weighted by Crippen LogP contribution is -2.17. The van der Waals surface area contributed by atoms with Gasteiger partial charge in [0.2, 0.25) is 0 Å². The van der Waals surface area contributed by atoms with Crippen LogP contribution in [0.4, 0.5) is 14.5 Å². The van der Waals surface area contributed by atoms with Crippen LogP contribution in [0.15, 0.2) is 61.2 Å². The number of carbonyl (C=O) groups is 1. The van der Waals surface area contributed by atoms with Crippen molar-refractivity contribution in [3.63, 3.8) is 0 Å². The summed E-state index contributed by atoms with van der Waals surface area (Å²) in [4.78, 5) is 21.4. The molecule has 0 fully saturated rings. The summed E-state index contributed by atoms with van der Waals surface area (Å²) in [6.45, 7) is 0. The smallest absolute Gasteiger partial charge is 0.274 e. The molecule has 1 amide bonds. The molecule has 0 atom stereocenters. The Balaban J connectivity index is 1.57. The molecule has 5 rings (SSSR count). The highest BCUT2D eigenvalue weighted by Gasteiger charge is 2.21. The molecular formula is C23H17F2N7O2. The molecule has 2 aromatic carbocycles. The van der Waals surface area contributed by atoms with E-state index in [9.17, 15) is 13.6 Å². The number of hydrogen-bond acceptors (Lipinski definition) is 6. The molecule has 0 bridgehead atoms. The van der Waals surface area contributed by atoms with E-state index < -0.39 is 17.5 Å². The fourth-order valence-electron chi connectivity index (χ4n) is 3.73. The maximum atomic E-state index is 14.9. The molecule has 3 heterocycles. The van der Waals surface area contributed by atoms with Crippen molar-refractivity contribution >= 4 is 22.5 Å². The number of fused-ring (bicyclic) bond motifs is 1. The van der Waals surface area contributed by atoms with Crippen molar-refractivity contribution in [2.24, 2.45) is 7.05 Å². The van der Waals surface area contributed by atoms with Crippen molar-refractivity contribution in [1.82, 2.24) is 29.5 Å². The minimum Gasteiger partial charge on any atom is -0.496 e. The third-order valence-electron chi connectivity index (χ3n) is 5.24. The number of nitrogens with zero attached hydrogens (tertiary/aromatic N) is 6. The maximum absolute atomic E-state index is 14.9. The fraction of sp³-hybridized carbons (Fsp3) is 0.0870. The molecule has 0 aliphatic heterocycles. The first-order valence-corrected chi connectivity index (χ1v) is 10.1. The monoisotopic (exact) mass is 461 g/mol. The molecule has 170 valence electrons. The van der Waals surface area contributed by atoms with E-state index in [0.29, 0.717) is 11.1 Å². The zero-order valence-corrected chi connectivity index (χ0v) is 18.0. The third kappa shape index (κ3) is 3.52. The van der Waals surface area contributed by atoms with Crippen LogP contribution in [-0.4, -0.2) is 42.5 Å². The van der Waals surface area contributed by atoms with Crippen molar-refractivity contribution in [3.8, 4) is 22.8 Å². The molecule has 0 unspecified atom stereocenters.